The summed E-state index contributed by atoms with van der Waals surface area (Å²) >= 11 is 8.65. The van der Waals surface area contributed by atoms with Crippen LogP contribution >= 0.6 is 34.7 Å². The van der Waals surface area contributed by atoms with E-state index in [2.05, 4.69) is 10.2 Å². The van der Waals surface area contributed by atoms with Crippen LogP contribution < -0.4 is 0 Å². The highest BCUT2D eigenvalue weighted by Crippen LogP contribution is 2.31. The summed E-state index contributed by atoms with van der Waals surface area (Å²) in [6, 6.07) is 6.61. The fraction of sp³-hybridized carbons (Fsp3) is 0.333. The maximum atomic E-state index is 12.8. The molecule has 2 amide bonds. The lowest BCUT2D eigenvalue weighted by atomic mass is 10.2. The van der Waals surface area contributed by atoms with Crippen molar-refractivity contribution in [3.05, 3.63) is 40.4 Å². The Morgan fingerprint density at radius 1 is 1.30 bits per heavy atom. The summed E-state index contributed by atoms with van der Waals surface area (Å²) in [6.07, 6.45) is 2.47. The molecular formula is C15H14ClN3O2S2. The van der Waals surface area contributed by atoms with Crippen LogP contribution in [0.5, 0.6) is 0 Å². The molecule has 8 heteroatoms. The summed E-state index contributed by atoms with van der Waals surface area (Å²) in [7, 11) is 0. The summed E-state index contributed by atoms with van der Waals surface area (Å²) in [5.74, 6) is -0.418. The maximum absolute atomic E-state index is 12.8. The van der Waals surface area contributed by atoms with E-state index in [-0.39, 0.29) is 17.1 Å². The van der Waals surface area contributed by atoms with Crippen LogP contribution in [-0.4, -0.2) is 38.7 Å². The highest BCUT2D eigenvalue weighted by Gasteiger charge is 2.32. The van der Waals surface area contributed by atoms with Gasteiger partial charge in [-0.3, -0.25) is 14.5 Å². The molecule has 3 rings (SSSR count). The highest BCUT2D eigenvalue weighted by atomic mass is 35.5. The molecule has 23 heavy (non-hydrogen) atoms. The van der Waals surface area contributed by atoms with Crippen LogP contribution in [0.3, 0.4) is 0 Å². The third-order valence-corrected chi connectivity index (χ3v) is 5.88. The standard InChI is InChI=1S/C15H14ClN3O2S2/c16-11-6-4-10(5-7-11)13(20)19-8-2-1-3-12(14(19)21)23-15-18-17-9-22-15/h4-7,9,12H,1-3,8H2. The third kappa shape index (κ3) is 3.91. The van der Waals surface area contributed by atoms with Crippen molar-refractivity contribution < 1.29 is 9.59 Å². The number of hydrogen-bond acceptors (Lipinski definition) is 6. The second-order valence-corrected chi connectivity index (χ2v) is 7.83. The van der Waals surface area contributed by atoms with Crippen LogP contribution in [0.1, 0.15) is 29.6 Å². The number of thioether (sulfide) groups is 1. The van der Waals surface area contributed by atoms with Crippen LogP contribution in [0, 0.1) is 0 Å². The number of imide groups is 1. The fourth-order valence-corrected chi connectivity index (χ4v) is 4.36. The molecule has 0 radical (unpaired) electrons. The zero-order chi connectivity index (χ0) is 16.2. The number of rotatable bonds is 3. The molecule has 0 N–H and O–H groups in total. The van der Waals surface area contributed by atoms with Crippen molar-refractivity contribution in [1.29, 1.82) is 0 Å². The van der Waals surface area contributed by atoms with Crippen LogP contribution in [0.4, 0.5) is 0 Å². The third-order valence-electron chi connectivity index (χ3n) is 3.56. The number of halogens is 1. The van der Waals surface area contributed by atoms with Crippen LogP contribution in [0.2, 0.25) is 5.02 Å². The average molecular weight is 368 g/mol. The molecule has 1 unspecified atom stereocenters. The van der Waals surface area contributed by atoms with Gasteiger partial charge in [0.2, 0.25) is 5.91 Å². The van der Waals surface area contributed by atoms with Crippen LogP contribution in [0.25, 0.3) is 0 Å². The topological polar surface area (TPSA) is 63.2 Å². The summed E-state index contributed by atoms with van der Waals surface area (Å²) < 4.78 is 0.754. The summed E-state index contributed by atoms with van der Waals surface area (Å²) in [6.45, 7) is 0.452. The van der Waals surface area contributed by atoms with E-state index < -0.39 is 0 Å². The first kappa shape index (κ1) is 16.4. The predicted molar refractivity (Wildman–Crippen MR) is 90.9 cm³/mol. The molecule has 120 valence electrons. The number of carbonyl (C=O) groups excluding carboxylic acids is 2. The number of carbonyl (C=O) groups is 2. The molecule has 1 aromatic carbocycles. The minimum Gasteiger partial charge on any atom is -0.278 e. The molecule has 1 atom stereocenters. The van der Waals surface area contributed by atoms with Crippen LogP contribution in [-0.2, 0) is 4.79 Å². The Morgan fingerprint density at radius 2 is 2.09 bits per heavy atom. The number of hydrogen-bond donors (Lipinski definition) is 0. The second kappa shape index (κ2) is 7.42. The Bertz CT molecular complexity index is 691. The van der Waals surface area contributed by atoms with Gasteiger partial charge in [0.25, 0.3) is 5.91 Å². The van der Waals surface area contributed by atoms with Crippen molar-refractivity contribution in [2.24, 2.45) is 0 Å². The van der Waals surface area contributed by atoms with Gasteiger partial charge in [0.15, 0.2) is 4.34 Å². The van der Waals surface area contributed by atoms with Gasteiger partial charge in [0.1, 0.15) is 5.51 Å². The molecule has 1 aliphatic heterocycles. The van der Waals surface area contributed by atoms with Crippen molar-refractivity contribution >= 4 is 46.5 Å². The molecule has 0 spiro atoms. The number of aromatic nitrogens is 2. The van der Waals surface area contributed by atoms with E-state index in [0.717, 1.165) is 23.6 Å². The maximum Gasteiger partial charge on any atom is 0.260 e. The first-order valence-electron chi connectivity index (χ1n) is 7.19. The van der Waals surface area contributed by atoms with Gasteiger partial charge in [-0.25, -0.2) is 0 Å². The fourth-order valence-electron chi connectivity index (χ4n) is 2.40. The first-order valence-corrected chi connectivity index (χ1v) is 9.33. The van der Waals surface area contributed by atoms with E-state index in [0.29, 0.717) is 17.1 Å². The predicted octanol–water partition coefficient (Wildman–Crippen LogP) is 3.51. The molecule has 1 saturated heterocycles. The lowest BCUT2D eigenvalue weighted by molar-refractivity contribution is -0.127. The molecule has 0 aliphatic carbocycles. The van der Waals surface area contributed by atoms with Gasteiger partial charge in [-0.1, -0.05) is 41.1 Å². The Morgan fingerprint density at radius 3 is 2.78 bits per heavy atom. The Hall–Kier alpha value is -1.44. The van der Waals surface area contributed by atoms with Crippen molar-refractivity contribution in [2.45, 2.75) is 28.9 Å². The Labute approximate surface area is 147 Å². The summed E-state index contributed by atoms with van der Waals surface area (Å²) in [5.41, 5.74) is 2.12. The first-order chi connectivity index (χ1) is 11.1. The smallest absolute Gasteiger partial charge is 0.260 e. The molecule has 0 bridgehead atoms. The molecule has 0 saturated carbocycles. The van der Waals surface area contributed by atoms with Gasteiger partial charge < -0.3 is 0 Å². The van der Waals surface area contributed by atoms with Gasteiger partial charge >= 0.3 is 0 Å². The normalized spacial score (nSPS) is 18.7. The largest absolute Gasteiger partial charge is 0.278 e. The van der Waals surface area contributed by atoms with E-state index in [1.807, 2.05) is 0 Å². The van der Waals surface area contributed by atoms with Gasteiger partial charge in [-0.2, -0.15) is 0 Å². The minimum atomic E-state index is -0.290. The summed E-state index contributed by atoms with van der Waals surface area (Å²) in [4.78, 5) is 26.8. The summed E-state index contributed by atoms with van der Waals surface area (Å²) in [5, 5.41) is 8.04. The highest BCUT2D eigenvalue weighted by molar-refractivity contribution is 8.02. The molecule has 1 aliphatic rings. The Kier molecular flexibility index (Phi) is 5.30. The number of amides is 2. The van der Waals surface area contributed by atoms with Crippen LogP contribution in [0.15, 0.2) is 34.1 Å². The molecule has 2 aromatic rings. The Balaban J connectivity index is 1.78. The zero-order valence-corrected chi connectivity index (χ0v) is 14.5. The van der Waals surface area contributed by atoms with E-state index in [1.54, 1.807) is 29.8 Å². The van der Waals surface area contributed by atoms with E-state index in [9.17, 15) is 9.59 Å². The van der Waals surface area contributed by atoms with Crippen molar-refractivity contribution in [3.8, 4) is 0 Å². The lowest BCUT2D eigenvalue weighted by Crippen LogP contribution is -2.41. The molecular weight excluding hydrogens is 354 g/mol. The van der Waals surface area contributed by atoms with Gasteiger partial charge in [0, 0.05) is 17.1 Å². The molecule has 1 fully saturated rings. The van der Waals surface area contributed by atoms with Gasteiger partial charge in [-0.05, 0) is 37.1 Å². The van der Waals surface area contributed by atoms with E-state index in [1.165, 1.54) is 28.0 Å². The number of likely N-dealkylation sites (tertiary alicyclic amines) is 1. The van der Waals surface area contributed by atoms with Gasteiger partial charge in [-0.15, -0.1) is 10.2 Å². The molecule has 5 nitrogen and oxygen atoms in total. The van der Waals surface area contributed by atoms with Crippen molar-refractivity contribution in [2.75, 3.05) is 6.54 Å². The van der Waals surface area contributed by atoms with Crippen molar-refractivity contribution in [3.63, 3.8) is 0 Å². The van der Waals surface area contributed by atoms with E-state index >= 15 is 0 Å². The lowest BCUT2D eigenvalue weighted by Gasteiger charge is -2.22. The van der Waals surface area contributed by atoms with Gasteiger partial charge in [0.05, 0.1) is 5.25 Å². The quantitative estimate of drug-likeness (QED) is 0.777. The number of nitrogens with zero attached hydrogens (tertiary/aromatic N) is 3. The second-order valence-electron chi connectivity index (χ2n) is 5.11. The monoisotopic (exact) mass is 367 g/mol. The zero-order valence-electron chi connectivity index (χ0n) is 12.1. The molecule has 1 aromatic heterocycles. The minimum absolute atomic E-state index is 0.150. The SMILES string of the molecule is O=C(c1ccc(Cl)cc1)N1CCCCC(Sc2nncs2)C1=O. The molecule has 2 heterocycles. The number of benzene rings is 1. The van der Waals surface area contributed by atoms with E-state index in [4.69, 9.17) is 11.6 Å². The average Bonchev–Trinajstić information content (AvgIpc) is 2.99. The van der Waals surface area contributed by atoms with Crippen molar-refractivity contribution in [1.82, 2.24) is 15.1 Å².